The van der Waals surface area contributed by atoms with Gasteiger partial charge in [-0.2, -0.15) is 5.10 Å². The molecule has 4 rings (SSSR count). The van der Waals surface area contributed by atoms with Crippen molar-refractivity contribution in [3.8, 4) is 17.0 Å². The molecule has 0 aliphatic carbocycles. The Bertz CT molecular complexity index is 1120. The second kappa shape index (κ2) is 9.22. The van der Waals surface area contributed by atoms with Gasteiger partial charge in [0.05, 0.1) is 18.5 Å². The lowest BCUT2D eigenvalue weighted by molar-refractivity contribution is 0.0953. The molecule has 0 bridgehead atoms. The Labute approximate surface area is 175 Å². The Kier molecular flexibility index (Phi) is 6.03. The van der Waals surface area contributed by atoms with Crippen molar-refractivity contribution in [2.75, 3.05) is 13.2 Å². The molecule has 30 heavy (non-hydrogen) atoms. The highest BCUT2D eigenvalue weighted by Gasteiger charge is 2.15. The van der Waals surface area contributed by atoms with Gasteiger partial charge in [0.25, 0.3) is 5.91 Å². The fourth-order valence-electron chi connectivity index (χ4n) is 3.23. The molecule has 152 valence electrons. The van der Waals surface area contributed by atoms with Gasteiger partial charge >= 0.3 is 0 Å². The van der Waals surface area contributed by atoms with E-state index in [1.807, 2.05) is 60.7 Å². The lowest BCUT2D eigenvalue weighted by Crippen LogP contribution is -2.24. The van der Waals surface area contributed by atoms with E-state index in [1.54, 1.807) is 16.9 Å². The Morgan fingerprint density at radius 2 is 1.83 bits per heavy atom. The molecule has 0 aliphatic heterocycles. The topological polar surface area (TPSA) is 68.5 Å². The molecule has 0 saturated carbocycles. The maximum atomic E-state index is 12.6. The fraction of sp³-hybridized carbons (Fsp3) is 0.208. The molecule has 1 N–H and O–H groups in total. The minimum Gasteiger partial charge on any atom is -0.494 e. The van der Waals surface area contributed by atoms with Crippen LogP contribution < -0.4 is 10.1 Å². The second-order valence-electron chi connectivity index (χ2n) is 7.11. The van der Waals surface area contributed by atoms with E-state index in [0.717, 1.165) is 29.8 Å². The lowest BCUT2D eigenvalue weighted by Gasteiger charge is -2.07. The highest BCUT2D eigenvalue weighted by molar-refractivity contribution is 5.99. The summed E-state index contributed by atoms with van der Waals surface area (Å²) >= 11 is 0. The highest BCUT2D eigenvalue weighted by atomic mass is 16.5. The van der Waals surface area contributed by atoms with Crippen molar-refractivity contribution in [2.45, 2.75) is 19.8 Å². The third-order valence-corrected chi connectivity index (χ3v) is 4.86. The number of rotatable bonds is 8. The molecule has 0 spiro atoms. The van der Waals surface area contributed by atoms with E-state index in [1.165, 1.54) is 5.56 Å². The van der Waals surface area contributed by atoms with E-state index in [4.69, 9.17) is 4.74 Å². The number of unbranched alkanes of at least 4 members (excludes halogenated alkanes) is 1. The van der Waals surface area contributed by atoms with Gasteiger partial charge in [-0.3, -0.25) is 4.79 Å². The van der Waals surface area contributed by atoms with Gasteiger partial charge in [-0.05, 0) is 38.0 Å². The first-order valence-corrected chi connectivity index (χ1v) is 10.1. The van der Waals surface area contributed by atoms with Crippen LogP contribution in [-0.4, -0.2) is 33.7 Å². The maximum Gasteiger partial charge on any atom is 0.256 e. The van der Waals surface area contributed by atoms with Gasteiger partial charge in [0.2, 0.25) is 0 Å². The number of ether oxygens (including phenoxy) is 1. The van der Waals surface area contributed by atoms with E-state index in [2.05, 4.69) is 22.3 Å². The normalized spacial score (nSPS) is 10.8. The van der Waals surface area contributed by atoms with Crippen LogP contribution in [0.25, 0.3) is 16.9 Å². The zero-order valence-corrected chi connectivity index (χ0v) is 16.9. The number of hydrogen-bond donors (Lipinski definition) is 1. The summed E-state index contributed by atoms with van der Waals surface area (Å²) in [5.74, 6) is 0.707. The molecule has 2 aromatic heterocycles. The third kappa shape index (κ3) is 4.49. The number of nitrogens with zero attached hydrogens (tertiary/aromatic N) is 3. The zero-order chi connectivity index (χ0) is 20.8. The maximum absolute atomic E-state index is 12.6. The van der Waals surface area contributed by atoms with Crippen LogP contribution >= 0.6 is 0 Å². The predicted molar refractivity (Wildman–Crippen MR) is 117 cm³/mol. The zero-order valence-electron chi connectivity index (χ0n) is 16.9. The van der Waals surface area contributed by atoms with Crippen LogP contribution in [0.1, 0.15) is 28.8 Å². The van der Waals surface area contributed by atoms with Crippen LogP contribution in [0, 0.1) is 6.92 Å². The molecule has 6 nitrogen and oxygen atoms in total. The number of carbonyl (C=O) groups is 1. The smallest absolute Gasteiger partial charge is 0.256 e. The minimum absolute atomic E-state index is 0.165. The van der Waals surface area contributed by atoms with Gasteiger partial charge in [-0.1, -0.05) is 48.0 Å². The van der Waals surface area contributed by atoms with Crippen molar-refractivity contribution in [1.29, 1.82) is 0 Å². The Hall–Kier alpha value is -3.67. The van der Waals surface area contributed by atoms with Crippen molar-refractivity contribution in [2.24, 2.45) is 0 Å². The number of aryl methyl sites for hydroxylation is 1. The van der Waals surface area contributed by atoms with Gasteiger partial charge in [0, 0.05) is 18.3 Å². The van der Waals surface area contributed by atoms with Crippen LogP contribution in [0.15, 0.2) is 73.1 Å². The SMILES string of the molecule is Cc1ccc(OCCCCNC(=O)c2cnn3c(-c4ccccc4)ccnc23)cc1. The van der Waals surface area contributed by atoms with E-state index in [9.17, 15) is 4.79 Å². The van der Waals surface area contributed by atoms with E-state index < -0.39 is 0 Å². The number of aromatic nitrogens is 3. The Morgan fingerprint density at radius 3 is 2.63 bits per heavy atom. The number of fused-ring (bicyclic) bond motifs is 1. The highest BCUT2D eigenvalue weighted by Crippen LogP contribution is 2.20. The summed E-state index contributed by atoms with van der Waals surface area (Å²) in [5.41, 5.74) is 4.16. The molecule has 0 saturated heterocycles. The molecular formula is C24H24N4O2. The van der Waals surface area contributed by atoms with Crippen molar-refractivity contribution in [3.05, 3.63) is 84.2 Å². The first-order valence-electron chi connectivity index (χ1n) is 10.1. The quantitative estimate of drug-likeness (QED) is 0.448. The lowest BCUT2D eigenvalue weighted by atomic mass is 10.1. The van der Waals surface area contributed by atoms with Gasteiger partial charge in [-0.25, -0.2) is 9.50 Å². The number of carbonyl (C=O) groups excluding carboxylic acids is 1. The molecule has 0 radical (unpaired) electrons. The summed E-state index contributed by atoms with van der Waals surface area (Å²) < 4.78 is 7.43. The average molecular weight is 400 g/mol. The van der Waals surface area contributed by atoms with Crippen LogP contribution in [0.3, 0.4) is 0 Å². The first kappa shape index (κ1) is 19.6. The molecule has 0 atom stereocenters. The van der Waals surface area contributed by atoms with Gasteiger partial charge in [0.1, 0.15) is 11.3 Å². The van der Waals surface area contributed by atoms with Gasteiger partial charge in [-0.15, -0.1) is 0 Å². The van der Waals surface area contributed by atoms with E-state index >= 15 is 0 Å². The number of benzene rings is 2. The van der Waals surface area contributed by atoms with Crippen LogP contribution in [0.5, 0.6) is 5.75 Å². The van der Waals surface area contributed by atoms with Crippen LogP contribution in [-0.2, 0) is 0 Å². The van der Waals surface area contributed by atoms with Gasteiger partial charge in [0.15, 0.2) is 5.65 Å². The largest absolute Gasteiger partial charge is 0.494 e. The molecule has 1 amide bonds. The monoisotopic (exact) mass is 400 g/mol. The predicted octanol–water partition coefficient (Wildman–Crippen LogP) is 4.29. The third-order valence-electron chi connectivity index (χ3n) is 4.86. The first-order chi connectivity index (χ1) is 14.7. The van der Waals surface area contributed by atoms with Crippen molar-refractivity contribution >= 4 is 11.6 Å². The molecule has 2 aromatic carbocycles. The molecule has 0 aliphatic rings. The summed E-state index contributed by atoms with van der Waals surface area (Å²) in [5, 5.41) is 7.34. The molecule has 0 fully saturated rings. The summed E-state index contributed by atoms with van der Waals surface area (Å²) in [7, 11) is 0. The number of nitrogens with one attached hydrogen (secondary N) is 1. The standard InChI is InChI=1S/C24H24N4O2/c1-18-9-11-20(12-10-18)30-16-6-5-14-26-24(29)21-17-27-28-22(13-15-25-23(21)28)19-7-3-2-4-8-19/h2-4,7-13,15,17H,5-6,14,16H2,1H3,(H,26,29). The summed E-state index contributed by atoms with van der Waals surface area (Å²) in [4.78, 5) is 17.0. The van der Waals surface area contributed by atoms with Crippen molar-refractivity contribution in [1.82, 2.24) is 19.9 Å². The number of amides is 1. The molecular weight excluding hydrogens is 376 g/mol. The number of hydrogen-bond acceptors (Lipinski definition) is 4. The Balaban J connectivity index is 1.31. The van der Waals surface area contributed by atoms with E-state index in [0.29, 0.717) is 24.4 Å². The molecule has 4 aromatic rings. The van der Waals surface area contributed by atoms with Crippen molar-refractivity contribution in [3.63, 3.8) is 0 Å². The molecule has 2 heterocycles. The molecule has 6 heteroatoms. The van der Waals surface area contributed by atoms with Crippen LogP contribution in [0.2, 0.25) is 0 Å². The second-order valence-corrected chi connectivity index (χ2v) is 7.11. The van der Waals surface area contributed by atoms with Crippen LogP contribution in [0.4, 0.5) is 0 Å². The summed E-state index contributed by atoms with van der Waals surface area (Å²) in [6.45, 7) is 3.25. The Morgan fingerprint density at radius 1 is 1.03 bits per heavy atom. The van der Waals surface area contributed by atoms with Gasteiger partial charge < -0.3 is 10.1 Å². The van der Waals surface area contributed by atoms with E-state index in [-0.39, 0.29) is 5.91 Å². The van der Waals surface area contributed by atoms with Crippen molar-refractivity contribution < 1.29 is 9.53 Å². The molecule has 0 unspecified atom stereocenters. The summed E-state index contributed by atoms with van der Waals surface area (Å²) in [6, 6.07) is 19.8. The average Bonchev–Trinajstić information content (AvgIpc) is 3.22. The minimum atomic E-state index is -0.165. The summed E-state index contributed by atoms with van der Waals surface area (Å²) in [6.07, 6.45) is 4.97. The fourth-order valence-corrected chi connectivity index (χ4v) is 3.23.